The number of hydrogen-bond donors (Lipinski definition) is 0. The van der Waals surface area contributed by atoms with Crippen LogP contribution in [0.3, 0.4) is 0 Å². The molecule has 1 aliphatic heterocycles. The average molecular weight is 238 g/mol. The van der Waals surface area contributed by atoms with Gasteiger partial charge in [-0.2, -0.15) is 0 Å². The third-order valence-electron chi connectivity index (χ3n) is 2.54. The lowest BCUT2D eigenvalue weighted by Crippen LogP contribution is -2.39. The van der Waals surface area contributed by atoms with Crippen molar-refractivity contribution in [3.8, 4) is 0 Å². The second-order valence-corrected chi connectivity index (χ2v) is 4.00. The first-order valence-corrected chi connectivity index (χ1v) is 5.47. The third kappa shape index (κ3) is 3.02. The zero-order chi connectivity index (χ0) is 12.3. The van der Waals surface area contributed by atoms with E-state index in [1.807, 2.05) is 17.9 Å². The van der Waals surface area contributed by atoms with Gasteiger partial charge in [-0.25, -0.2) is 0 Å². The van der Waals surface area contributed by atoms with E-state index in [0.717, 1.165) is 18.7 Å². The van der Waals surface area contributed by atoms with E-state index in [1.165, 1.54) is 0 Å². The molecule has 2 rings (SSSR count). The summed E-state index contributed by atoms with van der Waals surface area (Å²) in [6.45, 7) is 3.54. The topological polar surface area (TPSA) is 84.8 Å². The van der Waals surface area contributed by atoms with Gasteiger partial charge in [0, 0.05) is 24.1 Å². The molecule has 1 aliphatic rings. The summed E-state index contributed by atoms with van der Waals surface area (Å²) >= 11 is 0. The summed E-state index contributed by atoms with van der Waals surface area (Å²) in [5, 5.41) is 14.3. The molecule has 1 aromatic heterocycles. The van der Waals surface area contributed by atoms with E-state index in [4.69, 9.17) is 4.52 Å². The standard InChI is InChI=1S/C10H14N4O3/c1-8-5-9(17-12-8)6-13-4-2-3-11-10(13)7-14(15)16/h5H,2-4,6-7H2,1H3. The fourth-order valence-corrected chi connectivity index (χ4v) is 1.81. The number of rotatable bonds is 4. The molecule has 0 N–H and O–H groups in total. The highest BCUT2D eigenvalue weighted by molar-refractivity contribution is 5.83. The highest BCUT2D eigenvalue weighted by atomic mass is 16.6. The van der Waals surface area contributed by atoms with E-state index in [-0.39, 0.29) is 11.5 Å². The molecule has 0 bridgehead atoms. The molecule has 0 saturated heterocycles. The van der Waals surface area contributed by atoms with Crippen molar-refractivity contribution >= 4 is 5.84 Å². The Morgan fingerprint density at radius 1 is 1.65 bits per heavy atom. The van der Waals surface area contributed by atoms with Crippen LogP contribution in [0.15, 0.2) is 15.6 Å². The van der Waals surface area contributed by atoms with Crippen molar-refractivity contribution in [2.75, 3.05) is 19.6 Å². The number of aryl methyl sites for hydroxylation is 1. The lowest BCUT2D eigenvalue weighted by Gasteiger charge is -2.26. The Bertz CT molecular complexity index is 441. The minimum absolute atomic E-state index is 0.229. The van der Waals surface area contributed by atoms with Crippen LogP contribution in [-0.4, -0.2) is 40.4 Å². The summed E-state index contributed by atoms with van der Waals surface area (Å²) in [4.78, 5) is 16.2. The van der Waals surface area contributed by atoms with Crippen LogP contribution in [0, 0.1) is 17.0 Å². The molecule has 92 valence electrons. The van der Waals surface area contributed by atoms with Crippen molar-refractivity contribution in [3.05, 3.63) is 27.6 Å². The monoisotopic (exact) mass is 238 g/mol. The van der Waals surface area contributed by atoms with E-state index in [2.05, 4.69) is 10.1 Å². The van der Waals surface area contributed by atoms with Crippen LogP contribution in [0.1, 0.15) is 17.9 Å². The largest absolute Gasteiger partial charge is 0.359 e. The second-order valence-electron chi connectivity index (χ2n) is 4.00. The number of aromatic nitrogens is 1. The summed E-state index contributed by atoms with van der Waals surface area (Å²) in [7, 11) is 0. The normalized spacial score (nSPS) is 15.8. The van der Waals surface area contributed by atoms with Crippen molar-refractivity contribution < 1.29 is 9.45 Å². The Labute approximate surface area is 98.3 Å². The van der Waals surface area contributed by atoms with Crippen LogP contribution in [-0.2, 0) is 6.54 Å². The predicted octanol–water partition coefficient (Wildman–Crippen LogP) is 0.864. The Morgan fingerprint density at radius 3 is 3.12 bits per heavy atom. The van der Waals surface area contributed by atoms with Crippen LogP contribution in [0.2, 0.25) is 0 Å². The van der Waals surface area contributed by atoms with Crippen LogP contribution in [0.25, 0.3) is 0 Å². The van der Waals surface area contributed by atoms with Gasteiger partial charge < -0.3 is 9.42 Å². The van der Waals surface area contributed by atoms with E-state index >= 15 is 0 Å². The van der Waals surface area contributed by atoms with E-state index in [1.54, 1.807) is 0 Å². The number of nitro groups is 1. The van der Waals surface area contributed by atoms with Gasteiger partial charge in [0.25, 0.3) is 6.54 Å². The van der Waals surface area contributed by atoms with Crippen molar-refractivity contribution in [2.45, 2.75) is 19.9 Å². The first-order chi connectivity index (χ1) is 8.15. The Hall–Kier alpha value is -1.92. The SMILES string of the molecule is Cc1cc(CN2CCCN=C2C[N+](=O)[O-])on1. The second kappa shape index (κ2) is 4.94. The Morgan fingerprint density at radius 2 is 2.47 bits per heavy atom. The van der Waals surface area contributed by atoms with Crippen LogP contribution >= 0.6 is 0 Å². The Balaban J connectivity index is 2.05. The molecule has 17 heavy (non-hydrogen) atoms. The highest BCUT2D eigenvalue weighted by Gasteiger charge is 2.21. The number of nitrogens with zero attached hydrogens (tertiary/aromatic N) is 4. The molecule has 0 aliphatic carbocycles. The molecule has 1 aromatic rings. The molecule has 0 fully saturated rings. The molecule has 0 unspecified atom stereocenters. The van der Waals surface area contributed by atoms with Crippen molar-refractivity contribution in [1.29, 1.82) is 0 Å². The van der Waals surface area contributed by atoms with E-state index in [9.17, 15) is 10.1 Å². The first kappa shape index (κ1) is 11.6. The summed E-state index contributed by atoms with van der Waals surface area (Å²) in [5.74, 6) is 1.23. The molecule has 7 nitrogen and oxygen atoms in total. The maximum atomic E-state index is 10.5. The predicted molar refractivity (Wildman–Crippen MR) is 60.4 cm³/mol. The van der Waals surface area contributed by atoms with Crippen LogP contribution in [0.5, 0.6) is 0 Å². The summed E-state index contributed by atoms with van der Waals surface area (Å²) in [6, 6.07) is 1.83. The molecule has 0 saturated carbocycles. The molecule has 0 atom stereocenters. The van der Waals surface area contributed by atoms with Crippen molar-refractivity contribution in [2.24, 2.45) is 4.99 Å². The molecule has 7 heteroatoms. The van der Waals surface area contributed by atoms with E-state index in [0.29, 0.717) is 24.7 Å². The average Bonchev–Trinajstić information content (AvgIpc) is 2.66. The number of aliphatic imine (C=N–C) groups is 1. The first-order valence-electron chi connectivity index (χ1n) is 5.47. The molecule has 2 heterocycles. The zero-order valence-corrected chi connectivity index (χ0v) is 9.63. The molecule has 0 aromatic carbocycles. The lowest BCUT2D eigenvalue weighted by molar-refractivity contribution is -0.464. The molecule has 0 amide bonds. The van der Waals surface area contributed by atoms with Gasteiger partial charge >= 0.3 is 0 Å². The van der Waals surface area contributed by atoms with Crippen molar-refractivity contribution in [1.82, 2.24) is 10.1 Å². The molecular weight excluding hydrogens is 224 g/mol. The molecular formula is C10H14N4O3. The highest BCUT2D eigenvalue weighted by Crippen LogP contribution is 2.11. The van der Waals surface area contributed by atoms with Crippen molar-refractivity contribution in [3.63, 3.8) is 0 Å². The molecule has 0 spiro atoms. The van der Waals surface area contributed by atoms with Gasteiger partial charge in [0.1, 0.15) is 0 Å². The maximum Gasteiger partial charge on any atom is 0.260 e. The van der Waals surface area contributed by atoms with Gasteiger partial charge in [0.2, 0.25) is 0 Å². The van der Waals surface area contributed by atoms with Gasteiger partial charge in [0.15, 0.2) is 11.6 Å². The van der Waals surface area contributed by atoms with Crippen LogP contribution in [0.4, 0.5) is 0 Å². The van der Waals surface area contributed by atoms with Gasteiger partial charge in [-0.15, -0.1) is 0 Å². The van der Waals surface area contributed by atoms with E-state index < -0.39 is 0 Å². The third-order valence-corrected chi connectivity index (χ3v) is 2.54. The minimum Gasteiger partial charge on any atom is -0.359 e. The quantitative estimate of drug-likeness (QED) is 0.573. The summed E-state index contributed by atoms with van der Waals surface area (Å²) in [5.41, 5.74) is 0.810. The maximum absolute atomic E-state index is 10.5. The lowest BCUT2D eigenvalue weighted by atomic mass is 10.2. The summed E-state index contributed by atoms with van der Waals surface area (Å²) in [6.07, 6.45) is 0.911. The minimum atomic E-state index is -0.358. The van der Waals surface area contributed by atoms with Gasteiger partial charge in [0.05, 0.1) is 12.2 Å². The fraction of sp³-hybridized carbons (Fsp3) is 0.600. The Kier molecular flexibility index (Phi) is 3.36. The van der Waals surface area contributed by atoms with Gasteiger partial charge in [-0.3, -0.25) is 15.1 Å². The summed E-state index contributed by atoms with van der Waals surface area (Å²) < 4.78 is 5.10. The van der Waals surface area contributed by atoms with Gasteiger partial charge in [-0.05, 0) is 13.3 Å². The van der Waals surface area contributed by atoms with Crippen LogP contribution < -0.4 is 0 Å². The zero-order valence-electron chi connectivity index (χ0n) is 9.63. The fourth-order valence-electron chi connectivity index (χ4n) is 1.81. The van der Waals surface area contributed by atoms with Gasteiger partial charge in [-0.1, -0.05) is 5.16 Å². The number of amidine groups is 1. The number of hydrogen-bond acceptors (Lipinski definition) is 6. The molecule has 0 radical (unpaired) electrons. The smallest absolute Gasteiger partial charge is 0.260 e.